The van der Waals surface area contributed by atoms with Crippen molar-refractivity contribution in [1.82, 2.24) is 19.5 Å². The van der Waals surface area contributed by atoms with Crippen LogP contribution < -0.4 is 9.64 Å². The Kier molecular flexibility index (Phi) is 7.79. The highest BCUT2D eigenvalue weighted by Gasteiger charge is 2.43. The lowest BCUT2D eigenvalue weighted by Crippen LogP contribution is -2.48. The summed E-state index contributed by atoms with van der Waals surface area (Å²) in [4.78, 5) is 21.7. The van der Waals surface area contributed by atoms with E-state index in [2.05, 4.69) is 16.1 Å². The van der Waals surface area contributed by atoms with Gasteiger partial charge in [-0.25, -0.2) is 14.3 Å². The molecule has 3 aromatic rings. The molecular weight excluding hydrogens is 500 g/mol. The third kappa shape index (κ3) is 5.53. The number of pyridine rings is 2. The fraction of sp³-hybridized carbons (Fsp3) is 0.500. The molecule has 0 aliphatic carbocycles. The first kappa shape index (κ1) is 27.6. The van der Waals surface area contributed by atoms with Gasteiger partial charge in [-0.2, -0.15) is 23.9 Å². The van der Waals surface area contributed by atoms with E-state index in [9.17, 15) is 10.1 Å². The molecule has 3 aromatic heterocycles. The van der Waals surface area contributed by atoms with Crippen LogP contribution in [-0.4, -0.2) is 64.0 Å². The maximum Gasteiger partial charge on any atom is 0.410 e. The van der Waals surface area contributed by atoms with E-state index in [1.165, 1.54) is 0 Å². The van der Waals surface area contributed by atoms with Crippen LogP contribution in [0, 0.1) is 16.7 Å². The molecule has 2 fully saturated rings. The number of aromatic nitrogens is 3. The minimum Gasteiger partial charge on any atom is -0.492 e. The summed E-state index contributed by atoms with van der Waals surface area (Å²) in [6, 6.07) is 8.25. The number of nitriles is 1. The second kappa shape index (κ2) is 10.7. The van der Waals surface area contributed by atoms with Gasteiger partial charge in [0.05, 0.1) is 30.1 Å². The number of anilines is 1. The van der Waals surface area contributed by atoms with Crippen LogP contribution in [0.3, 0.4) is 0 Å². The van der Waals surface area contributed by atoms with Gasteiger partial charge in [0.1, 0.15) is 23.2 Å². The lowest BCUT2D eigenvalue weighted by molar-refractivity contribution is 0.00713. The number of hydrogen-bond acceptors (Lipinski definition) is 7. The van der Waals surface area contributed by atoms with Gasteiger partial charge in [-0.1, -0.05) is 0 Å². The molecule has 1 spiro atoms. The maximum atomic E-state index is 12.7. The van der Waals surface area contributed by atoms with Gasteiger partial charge < -0.3 is 19.3 Å². The maximum absolute atomic E-state index is 12.7. The van der Waals surface area contributed by atoms with E-state index < -0.39 is 5.60 Å². The SMILES string of the molecule is CCOc1cc(-c2ccc(N3CC[C@@]4(CCCN(C(=O)OC(C)(C)C)C4)C3)nc2)c2c(C#N)cnn2c1.S. The topological polar surface area (TPSA) is 96.0 Å². The van der Waals surface area contributed by atoms with Crippen LogP contribution >= 0.6 is 13.5 Å². The number of rotatable bonds is 4. The molecule has 0 aromatic carbocycles. The summed E-state index contributed by atoms with van der Waals surface area (Å²) in [5.74, 6) is 1.61. The lowest BCUT2D eigenvalue weighted by Gasteiger charge is -2.40. The smallest absolute Gasteiger partial charge is 0.410 e. The Bertz CT molecular complexity index is 1340. The zero-order chi connectivity index (χ0) is 26.2. The fourth-order valence-corrected chi connectivity index (χ4v) is 5.53. The van der Waals surface area contributed by atoms with Gasteiger partial charge in [-0.3, -0.25) is 0 Å². The van der Waals surface area contributed by atoms with Crippen LogP contribution in [-0.2, 0) is 4.74 Å². The Morgan fingerprint density at radius 3 is 2.68 bits per heavy atom. The standard InChI is InChI=1S/C28H34N6O3.H2S/c1-5-36-22-13-23(25-21(14-29)16-31-34(25)17-22)20-7-8-24(30-15-20)32-12-10-28(18-32)9-6-11-33(19-28)26(35)37-27(2,3)4;/h7-8,13,15-17H,5-6,9-12,18-19H2,1-4H3;1H2/t28-;/m0./s1. The number of amides is 1. The van der Waals surface area contributed by atoms with Crippen molar-refractivity contribution in [2.75, 3.05) is 37.7 Å². The highest BCUT2D eigenvalue weighted by atomic mass is 32.1. The number of carbonyl (C=O) groups is 1. The quantitative estimate of drug-likeness (QED) is 0.463. The Labute approximate surface area is 230 Å². The third-order valence-electron chi connectivity index (χ3n) is 7.15. The summed E-state index contributed by atoms with van der Waals surface area (Å²) in [7, 11) is 0. The lowest BCUT2D eigenvalue weighted by atomic mass is 9.79. The molecule has 2 aliphatic heterocycles. The van der Waals surface area contributed by atoms with E-state index in [-0.39, 0.29) is 25.0 Å². The predicted molar refractivity (Wildman–Crippen MR) is 151 cm³/mol. The zero-order valence-electron chi connectivity index (χ0n) is 22.5. The van der Waals surface area contributed by atoms with Crippen molar-refractivity contribution in [3.63, 3.8) is 0 Å². The van der Waals surface area contributed by atoms with E-state index in [0.29, 0.717) is 17.9 Å². The second-order valence-corrected chi connectivity index (χ2v) is 11.1. The second-order valence-electron chi connectivity index (χ2n) is 11.1. The molecule has 0 N–H and O–H groups in total. The van der Waals surface area contributed by atoms with Crippen LogP contribution in [0.15, 0.2) is 36.8 Å². The van der Waals surface area contributed by atoms with Gasteiger partial charge in [0.25, 0.3) is 0 Å². The monoisotopic (exact) mass is 536 g/mol. The van der Waals surface area contributed by atoms with Crippen LogP contribution in [0.4, 0.5) is 10.6 Å². The number of hydrogen-bond donors (Lipinski definition) is 0. The molecule has 10 heteroatoms. The molecule has 202 valence electrons. The van der Waals surface area contributed by atoms with Gasteiger partial charge in [-0.15, -0.1) is 0 Å². The Morgan fingerprint density at radius 1 is 1.18 bits per heavy atom. The normalized spacial score (nSPS) is 19.3. The van der Waals surface area contributed by atoms with Crippen molar-refractivity contribution in [1.29, 1.82) is 5.26 Å². The largest absolute Gasteiger partial charge is 0.492 e. The molecular formula is C28H36N6O3S. The molecule has 9 nitrogen and oxygen atoms in total. The molecule has 38 heavy (non-hydrogen) atoms. The van der Waals surface area contributed by atoms with Gasteiger partial charge in [0.15, 0.2) is 0 Å². The predicted octanol–water partition coefficient (Wildman–Crippen LogP) is 5.01. The van der Waals surface area contributed by atoms with Gasteiger partial charge >= 0.3 is 6.09 Å². The fourth-order valence-electron chi connectivity index (χ4n) is 5.53. The minimum absolute atomic E-state index is 0. The van der Waals surface area contributed by atoms with Crippen molar-refractivity contribution >= 4 is 30.9 Å². The molecule has 1 amide bonds. The number of ether oxygens (including phenoxy) is 2. The van der Waals surface area contributed by atoms with Gasteiger partial charge in [0, 0.05) is 48.9 Å². The molecule has 0 bridgehead atoms. The molecule has 1 atom stereocenters. The summed E-state index contributed by atoms with van der Waals surface area (Å²) in [5.41, 5.74) is 2.58. The van der Waals surface area contributed by atoms with Crippen molar-refractivity contribution in [3.8, 4) is 22.9 Å². The minimum atomic E-state index is -0.492. The summed E-state index contributed by atoms with van der Waals surface area (Å²) in [6.07, 6.45) is 8.11. The summed E-state index contributed by atoms with van der Waals surface area (Å²) >= 11 is 0. The van der Waals surface area contributed by atoms with Crippen LogP contribution in [0.25, 0.3) is 16.6 Å². The number of nitrogens with zero attached hydrogens (tertiary/aromatic N) is 6. The van der Waals surface area contributed by atoms with E-state index in [1.807, 2.05) is 57.0 Å². The molecule has 2 saturated heterocycles. The Hall–Kier alpha value is -3.45. The highest BCUT2D eigenvalue weighted by Crippen LogP contribution is 2.41. The van der Waals surface area contributed by atoms with Crippen molar-refractivity contribution in [2.45, 2.75) is 52.6 Å². The Morgan fingerprint density at radius 2 is 2.00 bits per heavy atom. The summed E-state index contributed by atoms with van der Waals surface area (Å²) in [6.45, 7) is 11.4. The molecule has 0 radical (unpaired) electrons. The Balaban J connectivity index is 0.00000336. The third-order valence-corrected chi connectivity index (χ3v) is 7.15. The highest BCUT2D eigenvalue weighted by molar-refractivity contribution is 7.59. The van der Waals surface area contributed by atoms with Crippen molar-refractivity contribution in [3.05, 3.63) is 42.4 Å². The van der Waals surface area contributed by atoms with E-state index >= 15 is 0 Å². The first-order chi connectivity index (χ1) is 17.7. The molecule has 2 aliphatic rings. The first-order valence-electron chi connectivity index (χ1n) is 12.9. The number of fused-ring (bicyclic) bond motifs is 1. The van der Waals surface area contributed by atoms with Crippen LogP contribution in [0.2, 0.25) is 0 Å². The van der Waals surface area contributed by atoms with Crippen LogP contribution in [0.5, 0.6) is 5.75 Å². The van der Waals surface area contributed by atoms with E-state index in [4.69, 9.17) is 14.5 Å². The van der Waals surface area contributed by atoms with Gasteiger partial charge in [0.2, 0.25) is 0 Å². The van der Waals surface area contributed by atoms with Crippen LogP contribution in [0.1, 0.15) is 52.5 Å². The average Bonchev–Trinajstić information content (AvgIpc) is 3.47. The molecule has 5 heterocycles. The zero-order valence-corrected chi connectivity index (χ0v) is 23.5. The molecule has 0 saturated carbocycles. The molecule has 0 unspecified atom stereocenters. The number of piperidine rings is 1. The van der Waals surface area contributed by atoms with Crippen molar-refractivity contribution in [2.24, 2.45) is 5.41 Å². The number of likely N-dealkylation sites (tertiary alicyclic amines) is 1. The average molecular weight is 537 g/mol. The van der Waals surface area contributed by atoms with E-state index in [1.54, 1.807) is 16.9 Å². The summed E-state index contributed by atoms with van der Waals surface area (Å²) < 4.78 is 13.1. The van der Waals surface area contributed by atoms with Gasteiger partial charge in [-0.05, 0) is 65.2 Å². The van der Waals surface area contributed by atoms with Crippen molar-refractivity contribution < 1.29 is 14.3 Å². The summed E-state index contributed by atoms with van der Waals surface area (Å²) in [5, 5.41) is 13.9. The van der Waals surface area contributed by atoms with E-state index in [0.717, 1.165) is 67.9 Å². The molecule has 5 rings (SSSR count). The number of carbonyl (C=O) groups excluding carboxylic acids is 1. The first-order valence-corrected chi connectivity index (χ1v) is 12.9.